The molecule has 0 atom stereocenters. The second-order valence-corrected chi connectivity index (χ2v) is 7.21. The molecular weight excluding hydrogens is 384 g/mol. The number of H-pyrrole nitrogens is 1. The maximum absolute atomic E-state index is 11.8. The fourth-order valence-electron chi connectivity index (χ4n) is 3.75. The number of nitro benzene ring substituents is 1. The Hall–Kier alpha value is -3.39. The van der Waals surface area contributed by atoms with Crippen LogP contribution in [0.15, 0.2) is 42.5 Å². The highest BCUT2D eigenvalue weighted by Crippen LogP contribution is 2.42. The summed E-state index contributed by atoms with van der Waals surface area (Å²) in [5.74, 6) is 0.435. The van der Waals surface area contributed by atoms with Crippen LogP contribution >= 0.6 is 0 Å². The predicted molar refractivity (Wildman–Crippen MR) is 113 cm³/mol. The van der Waals surface area contributed by atoms with Gasteiger partial charge in [-0.3, -0.25) is 20.1 Å². The summed E-state index contributed by atoms with van der Waals surface area (Å²) in [6.45, 7) is 5.01. The van der Waals surface area contributed by atoms with E-state index in [9.17, 15) is 10.1 Å². The largest absolute Gasteiger partial charge is 0.493 e. The number of hydrogen-bond donors (Lipinski definition) is 1. The minimum absolute atomic E-state index is 0.120. The molecule has 0 saturated carbocycles. The molecule has 0 bridgehead atoms. The van der Waals surface area contributed by atoms with Gasteiger partial charge in [0, 0.05) is 42.4 Å². The van der Waals surface area contributed by atoms with Crippen LogP contribution < -0.4 is 9.47 Å². The monoisotopic (exact) mass is 408 g/mol. The summed E-state index contributed by atoms with van der Waals surface area (Å²) in [4.78, 5) is 13.7. The molecule has 3 aromatic rings. The predicted octanol–water partition coefficient (Wildman–Crippen LogP) is 3.95. The Labute approximate surface area is 174 Å². The third-order valence-corrected chi connectivity index (χ3v) is 5.41. The van der Waals surface area contributed by atoms with E-state index in [1.807, 2.05) is 30.3 Å². The number of nitro groups is 1. The Morgan fingerprint density at radius 2 is 2.07 bits per heavy atom. The van der Waals surface area contributed by atoms with Gasteiger partial charge in [-0.05, 0) is 18.2 Å². The summed E-state index contributed by atoms with van der Waals surface area (Å²) in [6.07, 6.45) is 0.883. The van der Waals surface area contributed by atoms with Gasteiger partial charge in [-0.1, -0.05) is 37.3 Å². The number of hydrogen-bond acceptors (Lipinski definition) is 6. The molecule has 1 aromatic heterocycles. The summed E-state index contributed by atoms with van der Waals surface area (Å²) in [5.41, 5.74) is 4.30. The van der Waals surface area contributed by atoms with Gasteiger partial charge >= 0.3 is 5.69 Å². The van der Waals surface area contributed by atoms with Gasteiger partial charge in [-0.25, -0.2) is 0 Å². The van der Waals surface area contributed by atoms with Gasteiger partial charge in [-0.15, -0.1) is 0 Å². The molecule has 8 nitrogen and oxygen atoms in total. The Bertz CT molecular complexity index is 1050. The molecule has 30 heavy (non-hydrogen) atoms. The van der Waals surface area contributed by atoms with Crippen molar-refractivity contribution >= 4 is 5.69 Å². The lowest BCUT2D eigenvalue weighted by molar-refractivity contribution is -0.386. The van der Waals surface area contributed by atoms with E-state index in [0.717, 1.165) is 48.6 Å². The number of fused-ring (bicyclic) bond motifs is 1. The van der Waals surface area contributed by atoms with Crippen LogP contribution in [-0.4, -0.2) is 40.2 Å². The third-order valence-electron chi connectivity index (χ3n) is 5.41. The van der Waals surface area contributed by atoms with E-state index in [4.69, 9.17) is 9.47 Å². The van der Waals surface area contributed by atoms with Gasteiger partial charge in [0.2, 0.25) is 5.75 Å². The van der Waals surface area contributed by atoms with Crippen molar-refractivity contribution < 1.29 is 14.4 Å². The number of methoxy groups -OCH3 is 1. The van der Waals surface area contributed by atoms with Crippen molar-refractivity contribution in [2.24, 2.45) is 0 Å². The highest BCUT2D eigenvalue weighted by atomic mass is 16.6. The highest BCUT2D eigenvalue weighted by Gasteiger charge is 2.27. The zero-order valence-corrected chi connectivity index (χ0v) is 17.1. The van der Waals surface area contributed by atoms with Crippen LogP contribution in [0.25, 0.3) is 11.3 Å². The SMILES string of the molecule is CCN1CCc2[nH]nc(-c3cc(OC)c(OCc4ccccc4)c([N+](=O)[O-])c3)c2C1. The molecule has 1 N–H and O–H groups in total. The molecule has 0 saturated heterocycles. The van der Waals surface area contributed by atoms with Crippen LogP contribution in [0.5, 0.6) is 11.5 Å². The molecule has 0 unspecified atom stereocenters. The van der Waals surface area contributed by atoms with Crippen molar-refractivity contribution in [2.75, 3.05) is 20.2 Å². The first-order valence-electron chi connectivity index (χ1n) is 9.92. The van der Waals surface area contributed by atoms with Crippen molar-refractivity contribution in [3.63, 3.8) is 0 Å². The van der Waals surface area contributed by atoms with Crippen LogP contribution in [0.4, 0.5) is 5.69 Å². The Morgan fingerprint density at radius 3 is 2.77 bits per heavy atom. The molecule has 0 aliphatic carbocycles. The van der Waals surface area contributed by atoms with Crippen LogP contribution in [0.2, 0.25) is 0 Å². The molecule has 0 fully saturated rings. The summed E-state index contributed by atoms with van der Waals surface area (Å²) in [5, 5.41) is 19.4. The molecule has 1 aliphatic heterocycles. The Balaban J connectivity index is 1.72. The van der Waals surface area contributed by atoms with Gasteiger partial charge in [0.05, 0.1) is 17.7 Å². The first-order chi connectivity index (χ1) is 14.6. The molecular formula is C22H24N4O4. The van der Waals surface area contributed by atoms with Crippen LogP contribution in [-0.2, 0) is 19.6 Å². The standard InChI is InChI=1S/C22H24N4O4/c1-3-25-10-9-18-17(13-25)21(24-23-18)16-11-19(26(27)28)22(20(12-16)29-2)30-14-15-7-5-4-6-8-15/h4-8,11-12H,3,9-10,13-14H2,1-2H3,(H,23,24). The Kier molecular flexibility index (Phi) is 5.67. The maximum atomic E-state index is 11.8. The average Bonchev–Trinajstić information content (AvgIpc) is 3.20. The minimum Gasteiger partial charge on any atom is -0.493 e. The molecule has 4 rings (SSSR count). The summed E-state index contributed by atoms with van der Waals surface area (Å²) < 4.78 is 11.3. The van der Waals surface area contributed by atoms with Crippen molar-refractivity contribution in [1.82, 2.24) is 15.1 Å². The number of ether oxygens (including phenoxy) is 2. The minimum atomic E-state index is -0.441. The fraction of sp³-hybridized carbons (Fsp3) is 0.318. The van der Waals surface area contributed by atoms with Crippen LogP contribution in [0.1, 0.15) is 23.7 Å². The van der Waals surface area contributed by atoms with Crippen LogP contribution in [0.3, 0.4) is 0 Å². The molecule has 156 valence electrons. The normalized spacial score (nSPS) is 13.7. The van der Waals surface area contributed by atoms with Crippen molar-refractivity contribution in [3.05, 3.63) is 69.4 Å². The quantitative estimate of drug-likeness (QED) is 0.470. The van der Waals surface area contributed by atoms with E-state index < -0.39 is 4.92 Å². The van der Waals surface area contributed by atoms with E-state index in [-0.39, 0.29) is 18.0 Å². The summed E-state index contributed by atoms with van der Waals surface area (Å²) in [6, 6.07) is 12.8. The summed E-state index contributed by atoms with van der Waals surface area (Å²) in [7, 11) is 1.48. The fourth-order valence-corrected chi connectivity index (χ4v) is 3.75. The van der Waals surface area contributed by atoms with Gasteiger partial charge in [-0.2, -0.15) is 5.10 Å². The van der Waals surface area contributed by atoms with E-state index in [2.05, 4.69) is 22.0 Å². The van der Waals surface area contributed by atoms with Crippen LogP contribution in [0, 0.1) is 10.1 Å². The molecule has 2 aromatic carbocycles. The maximum Gasteiger partial charge on any atom is 0.315 e. The van der Waals surface area contributed by atoms with Gasteiger partial charge in [0.25, 0.3) is 0 Å². The van der Waals surface area contributed by atoms with Gasteiger partial charge in [0.15, 0.2) is 5.75 Å². The zero-order chi connectivity index (χ0) is 21.1. The Morgan fingerprint density at radius 1 is 1.27 bits per heavy atom. The number of benzene rings is 2. The number of rotatable bonds is 7. The van der Waals surface area contributed by atoms with E-state index in [1.165, 1.54) is 13.2 Å². The topological polar surface area (TPSA) is 93.5 Å². The lowest BCUT2D eigenvalue weighted by atomic mass is 10.00. The number of nitrogens with zero attached hydrogens (tertiary/aromatic N) is 3. The van der Waals surface area contributed by atoms with E-state index in [0.29, 0.717) is 11.3 Å². The van der Waals surface area contributed by atoms with Crippen molar-refractivity contribution in [2.45, 2.75) is 26.5 Å². The van der Waals surface area contributed by atoms with Gasteiger partial charge in [0.1, 0.15) is 6.61 Å². The molecule has 0 amide bonds. The molecule has 1 aliphatic rings. The lowest BCUT2D eigenvalue weighted by Gasteiger charge is -2.25. The second kappa shape index (κ2) is 8.54. The van der Waals surface area contributed by atoms with E-state index >= 15 is 0 Å². The number of nitrogens with one attached hydrogen (secondary N) is 1. The first kappa shape index (κ1) is 19.9. The number of aromatic amines is 1. The van der Waals surface area contributed by atoms with Crippen molar-refractivity contribution in [1.29, 1.82) is 0 Å². The number of aromatic nitrogens is 2. The molecule has 2 heterocycles. The second-order valence-electron chi connectivity index (χ2n) is 7.21. The average molecular weight is 408 g/mol. The molecule has 0 spiro atoms. The lowest BCUT2D eigenvalue weighted by Crippen LogP contribution is -2.30. The summed E-state index contributed by atoms with van der Waals surface area (Å²) >= 11 is 0. The van der Waals surface area contributed by atoms with Crippen molar-refractivity contribution in [3.8, 4) is 22.8 Å². The van der Waals surface area contributed by atoms with Gasteiger partial charge < -0.3 is 9.47 Å². The number of likely N-dealkylation sites (N-methyl/N-ethyl adjacent to an activating group) is 1. The first-order valence-corrected chi connectivity index (χ1v) is 9.92. The molecule has 8 heteroatoms. The molecule has 0 radical (unpaired) electrons. The van der Waals surface area contributed by atoms with E-state index in [1.54, 1.807) is 6.07 Å². The third kappa shape index (κ3) is 3.86. The smallest absolute Gasteiger partial charge is 0.315 e. The highest BCUT2D eigenvalue weighted by molar-refractivity contribution is 5.73. The zero-order valence-electron chi connectivity index (χ0n) is 17.1.